The fourth-order valence-corrected chi connectivity index (χ4v) is 1.45. The quantitative estimate of drug-likeness (QED) is 0.912. The first kappa shape index (κ1) is 13.0. The number of carbonyl (C=O) groups excluding carboxylic acids is 1. The van der Waals surface area contributed by atoms with Crippen molar-refractivity contribution in [3.63, 3.8) is 0 Å². The van der Waals surface area contributed by atoms with Crippen LogP contribution in [0.15, 0.2) is 42.7 Å². The molecular formula is C14H15N3O2. The summed E-state index contributed by atoms with van der Waals surface area (Å²) in [6.07, 6.45) is 2.82. The van der Waals surface area contributed by atoms with Gasteiger partial charge in [0.1, 0.15) is 6.61 Å². The lowest BCUT2D eigenvalue weighted by molar-refractivity contribution is 0.139. The molecule has 0 atom stereocenters. The summed E-state index contributed by atoms with van der Waals surface area (Å²) in [4.78, 5) is 19.7. The van der Waals surface area contributed by atoms with Gasteiger partial charge < -0.3 is 10.1 Å². The van der Waals surface area contributed by atoms with E-state index in [1.54, 1.807) is 12.4 Å². The molecule has 1 aromatic heterocycles. The zero-order valence-electron chi connectivity index (χ0n) is 10.7. The number of aromatic nitrogens is 2. The molecule has 5 nitrogen and oxygen atoms in total. The number of carbonyl (C=O) groups is 1. The second-order valence-corrected chi connectivity index (χ2v) is 4.06. The molecule has 0 spiro atoms. The van der Waals surface area contributed by atoms with Crippen molar-refractivity contribution in [2.24, 2.45) is 0 Å². The van der Waals surface area contributed by atoms with Crippen molar-refractivity contribution in [2.75, 3.05) is 0 Å². The second kappa shape index (κ2) is 6.49. The molecule has 1 aromatic carbocycles. The molecule has 0 saturated carbocycles. The van der Waals surface area contributed by atoms with Gasteiger partial charge in [0.2, 0.25) is 0 Å². The van der Waals surface area contributed by atoms with Crippen molar-refractivity contribution >= 4 is 6.09 Å². The van der Waals surface area contributed by atoms with Gasteiger partial charge >= 0.3 is 6.09 Å². The van der Waals surface area contributed by atoms with E-state index in [2.05, 4.69) is 15.3 Å². The van der Waals surface area contributed by atoms with Crippen LogP contribution < -0.4 is 5.32 Å². The van der Waals surface area contributed by atoms with E-state index in [0.717, 1.165) is 11.3 Å². The largest absolute Gasteiger partial charge is 0.445 e. The van der Waals surface area contributed by atoms with Gasteiger partial charge in [-0.1, -0.05) is 30.3 Å². The number of aryl methyl sites for hydroxylation is 1. The van der Waals surface area contributed by atoms with Crippen LogP contribution in [0, 0.1) is 6.92 Å². The summed E-state index contributed by atoms with van der Waals surface area (Å²) >= 11 is 0. The van der Waals surface area contributed by atoms with Crippen LogP contribution >= 0.6 is 0 Å². The molecule has 0 unspecified atom stereocenters. The Morgan fingerprint density at radius 3 is 2.68 bits per heavy atom. The maximum atomic E-state index is 11.5. The number of benzene rings is 1. The highest BCUT2D eigenvalue weighted by Gasteiger charge is 2.03. The molecule has 1 heterocycles. The number of ether oxygens (including phenoxy) is 1. The Morgan fingerprint density at radius 1 is 1.21 bits per heavy atom. The second-order valence-electron chi connectivity index (χ2n) is 4.06. The molecule has 0 aliphatic carbocycles. The summed E-state index contributed by atoms with van der Waals surface area (Å²) in [6.45, 7) is 2.42. The van der Waals surface area contributed by atoms with Gasteiger partial charge in [0.25, 0.3) is 0 Å². The minimum Gasteiger partial charge on any atom is -0.445 e. The molecule has 0 saturated heterocycles. The van der Waals surface area contributed by atoms with Crippen LogP contribution in [0.4, 0.5) is 4.79 Å². The van der Waals surface area contributed by atoms with Crippen molar-refractivity contribution in [2.45, 2.75) is 20.1 Å². The third kappa shape index (κ3) is 4.39. The summed E-state index contributed by atoms with van der Waals surface area (Å²) in [5.74, 6) is 0. The summed E-state index contributed by atoms with van der Waals surface area (Å²) < 4.78 is 5.08. The van der Waals surface area contributed by atoms with Crippen molar-refractivity contribution in [3.8, 4) is 0 Å². The molecule has 2 rings (SSSR count). The zero-order valence-corrected chi connectivity index (χ0v) is 10.7. The average Bonchev–Trinajstić information content (AvgIpc) is 2.45. The number of amides is 1. The molecule has 5 heteroatoms. The standard InChI is InChI=1S/C14H15N3O2/c1-11-7-16-13(8-15-11)9-17-14(18)19-10-12-5-3-2-4-6-12/h2-8H,9-10H2,1H3,(H,17,18). The minimum atomic E-state index is -0.466. The van der Waals surface area contributed by atoms with Crippen LogP contribution in [-0.2, 0) is 17.9 Å². The summed E-state index contributed by atoms with van der Waals surface area (Å²) in [7, 11) is 0. The van der Waals surface area contributed by atoms with Crippen molar-refractivity contribution in [1.29, 1.82) is 0 Å². The van der Waals surface area contributed by atoms with Gasteiger partial charge in [-0.05, 0) is 12.5 Å². The van der Waals surface area contributed by atoms with Gasteiger partial charge in [0.05, 0.1) is 24.1 Å². The molecule has 2 aromatic rings. The molecule has 0 bridgehead atoms. The third-order valence-corrected chi connectivity index (χ3v) is 2.46. The Hall–Kier alpha value is -2.43. The van der Waals surface area contributed by atoms with Crippen molar-refractivity contribution in [1.82, 2.24) is 15.3 Å². The number of rotatable bonds is 4. The minimum absolute atomic E-state index is 0.256. The Bertz CT molecular complexity index is 526. The first-order valence-electron chi connectivity index (χ1n) is 5.96. The third-order valence-electron chi connectivity index (χ3n) is 2.46. The van der Waals surface area contributed by atoms with E-state index in [1.807, 2.05) is 37.3 Å². The SMILES string of the molecule is Cc1cnc(CNC(=O)OCc2ccccc2)cn1. The molecule has 0 fully saturated rings. The average molecular weight is 257 g/mol. The predicted molar refractivity (Wildman–Crippen MR) is 70.2 cm³/mol. The number of hydrogen-bond donors (Lipinski definition) is 1. The van der Waals surface area contributed by atoms with Crippen LogP contribution in [-0.4, -0.2) is 16.1 Å². The Morgan fingerprint density at radius 2 is 2.00 bits per heavy atom. The van der Waals surface area contributed by atoms with Crippen molar-refractivity contribution in [3.05, 3.63) is 59.7 Å². The normalized spacial score (nSPS) is 9.95. The van der Waals surface area contributed by atoms with Crippen LogP contribution in [0.1, 0.15) is 17.0 Å². The van der Waals surface area contributed by atoms with E-state index in [4.69, 9.17) is 4.74 Å². The molecule has 0 radical (unpaired) electrons. The lowest BCUT2D eigenvalue weighted by atomic mass is 10.2. The molecular weight excluding hydrogens is 242 g/mol. The van der Waals surface area contributed by atoms with Gasteiger partial charge in [-0.3, -0.25) is 9.97 Å². The monoisotopic (exact) mass is 257 g/mol. The van der Waals surface area contributed by atoms with Gasteiger partial charge in [-0.15, -0.1) is 0 Å². The first-order chi connectivity index (χ1) is 9.24. The molecule has 0 aliphatic rings. The fourth-order valence-electron chi connectivity index (χ4n) is 1.45. The number of hydrogen-bond acceptors (Lipinski definition) is 4. The Kier molecular flexibility index (Phi) is 4.44. The number of alkyl carbamates (subject to hydrolysis) is 1. The highest BCUT2D eigenvalue weighted by Crippen LogP contribution is 2.00. The maximum Gasteiger partial charge on any atom is 0.407 e. The summed E-state index contributed by atoms with van der Waals surface area (Å²) in [6, 6.07) is 9.52. The number of nitrogens with one attached hydrogen (secondary N) is 1. The van der Waals surface area contributed by atoms with Gasteiger partial charge in [-0.2, -0.15) is 0 Å². The zero-order chi connectivity index (χ0) is 13.5. The smallest absolute Gasteiger partial charge is 0.407 e. The van der Waals surface area contributed by atoms with Gasteiger partial charge in [0.15, 0.2) is 0 Å². The molecule has 0 aliphatic heterocycles. The van der Waals surface area contributed by atoms with Crippen molar-refractivity contribution < 1.29 is 9.53 Å². The fraction of sp³-hybridized carbons (Fsp3) is 0.214. The molecule has 1 N–H and O–H groups in total. The van der Waals surface area contributed by atoms with Crippen LogP contribution in [0.3, 0.4) is 0 Å². The lowest BCUT2D eigenvalue weighted by Gasteiger charge is -2.06. The van der Waals surface area contributed by atoms with Crippen LogP contribution in [0.2, 0.25) is 0 Å². The summed E-state index contributed by atoms with van der Waals surface area (Å²) in [5, 5.41) is 2.62. The summed E-state index contributed by atoms with van der Waals surface area (Å²) in [5.41, 5.74) is 2.49. The van der Waals surface area contributed by atoms with Gasteiger partial charge in [0, 0.05) is 6.20 Å². The molecule has 98 valence electrons. The van der Waals surface area contributed by atoms with E-state index in [-0.39, 0.29) is 6.61 Å². The lowest BCUT2D eigenvalue weighted by Crippen LogP contribution is -2.24. The van der Waals surface area contributed by atoms with Gasteiger partial charge in [-0.25, -0.2) is 4.79 Å². The predicted octanol–water partition coefficient (Wildman–Crippen LogP) is 2.21. The molecule has 1 amide bonds. The van der Waals surface area contributed by atoms with E-state index in [9.17, 15) is 4.79 Å². The molecule has 19 heavy (non-hydrogen) atoms. The van der Waals surface area contributed by atoms with E-state index in [1.165, 1.54) is 0 Å². The first-order valence-corrected chi connectivity index (χ1v) is 5.96. The Labute approximate surface area is 111 Å². The van der Waals surface area contributed by atoms with E-state index in [0.29, 0.717) is 12.2 Å². The topological polar surface area (TPSA) is 64.1 Å². The van der Waals surface area contributed by atoms with E-state index >= 15 is 0 Å². The van der Waals surface area contributed by atoms with E-state index < -0.39 is 6.09 Å². The highest BCUT2D eigenvalue weighted by molar-refractivity contribution is 5.67. The number of nitrogens with zero attached hydrogens (tertiary/aromatic N) is 2. The Balaban J connectivity index is 1.74. The van der Waals surface area contributed by atoms with Crippen LogP contribution in [0.25, 0.3) is 0 Å². The maximum absolute atomic E-state index is 11.5. The highest BCUT2D eigenvalue weighted by atomic mass is 16.5. The van der Waals surface area contributed by atoms with Crippen LogP contribution in [0.5, 0.6) is 0 Å².